The average molecular weight is 296 g/mol. The minimum Gasteiger partial charge on any atom is -0.396 e. The molecular weight excluding hydrogens is 283 g/mol. The predicted octanol–water partition coefficient (Wildman–Crippen LogP) is 0.194. The molecule has 0 amide bonds. The largest absolute Gasteiger partial charge is 0.396 e. The molecule has 0 bridgehead atoms. The second kappa shape index (κ2) is 5.11. The lowest BCUT2D eigenvalue weighted by atomic mass is 10.3. The first-order valence-corrected chi connectivity index (χ1v) is 8.53. The van der Waals surface area contributed by atoms with Crippen molar-refractivity contribution in [3.63, 3.8) is 0 Å². The van der Waals surface area contributed by atoms with Crippen molar-refractivity contribution < 1.29 is 21.2 Å². The summed E-state index contributed by atoms with van der Waals surface area (Å²) in [7, 11) is -7.17. The monoisotopic (exact) mass is 296 g/mol. The second-order valence-electron chi connectivity index (χ2n) is 3.79. The average Bonchev–Trinajstić information content (AvgIpc) is 2.20. The number of benzene rings is 1. The molecule has 0 fully saturated rings. The molecule has 0 aliphatic carbocycles. The first kappa shape index (κ1) is 14.7. The van der Waals surface area contributed by atoms with Crippen molar-refractivity contribution in [3.8, 4) is 0 Å². The third-order valence-corrected chi connectivity index (χ3v) is 4.48. The van der Waals surface area contributed by atoms with E-state index in [4.69, 9.17) is 5.73 Å². The topological polar surface area (TPSA) is 106 Å². The molecule has 0 aliphatic heterocycles. The van der Waals surface area contributed by atoms with Crippen molar-refractivity contribution in [2.75, 3.05) is 28.2 Å². The summed E-state index contributed by atoms with van der Waals surface area (Å²) in [5, 5.41) is 0. The van der Waals surface area contributed by atoms with Crippen LogP contribution in [0.15, 0.2) is 18.2 Å². The Morgan fingerprint density at radius 1 is 1.22 bits per heavy atom. The number of rotatable bonds is 5. The molecule has 6 nitrogen and oxygen atoms in total. The van der Waals surface area contributed by atoms with Gasteiger partial charge in [-0.15, -0.1) is 0 Å². The van der Waals surface area contributed by atoms with Crippen LogP contribution in [0.2, 0.25) is 0 Å². The molecule has 0 radical (unpaired) electrons. The highest BCUT2D eigenvalue weighted by molar-refractivity contribution is 7.95. The van der Waals surface area contributed by atoms with Gasteiger partial charge in [0.15, 0.2) is 0 Å². The van der Waals surface area contributed by atoms with Gasteiger partial charge in [-0.1, -0.05) is 0 Å². The normalized spacial score (nSPS) is 12.3. The van der Waals surface area contributed by atoms with E-state index < -0.39 is 37.2 Å². The molecule has 18 heavy (non-hydrogen) atoms. The van der Waals surface area contributed by atoms with E-state index in [1.165, 1.54) is 6.07 Å². The molecule has 0 saturated carbocycles. The number of halogens is 1. The van der Waals surface area contributed by atoms with Gasteiger partial charge in [0.05, 0.1) is 22.9 Å². The predicted molar refractivity (Wildman–Crippen MR) is 67.9 cm³/mol. The van der Waals surface area contributed by atoms with Crippen LogP contribution in [0.5, 0.6) is 0 Å². The summed E-state index contributed by atoms with van der Waals surface area (Å²) in [6, 6.07) is 3.33. The van der Waals surface area contributed by atoms with Crippen molar-refractivity contribution in [1.82, 2.24) is 0 Å². The van der Waals surface area contributed by atoms with Crippen LogP contribution in [0.4, 0.5) is 15.8 Å². The molecule has 1 aromatic carbocycles. The molecule has 9 heteroatoms. The summed E-state index contributed by atoms with van der Waals surface area (Å²) in [5.41, 5.74) is 5.17. The lowest BCUT2D eigenvalue weighted by molar-refractivity contribution is 0.593. The molecule has 0 atom stereocenters. The second-order valence-corrected chi connectivity index (χ2v) is 7.89. The molecule has 0 aromatic heterocycles. The zero-order valence-corrected chi connectivity index (χ0v) is 11.2. The van der Waals surface area contributed by atoms with Crippen LogP contribution in [-0.4, -0.2) is 34.6 Å². The third kappa shape index (κ3) is 4.88. The summed E-state index contributed by atoms with van der Waals surface area (Å²) >= 11 is 0. The van der Waals surface area contributed by atoms with Crippen LogP contribution in [0, 0.1) is 5.82 Å². The van der Waals surface area contributed by atoms with Gasteiger partial charge in [0.25, 0.3) is 0 Å². The summed E-state index contributed by atoms with van der Waals surface area (Å²) in [6.07, 6.45) is 0.943. The maximum atomic E-state index is 12.9. The van der Waals surface area contributed by atoms with E-state index in [1.807, 2.05) is 0 Å². The first-order chi connectivity index (χ1) is 8.09. The van der Waals surface area contributed by atoms with Crippen LogP contribution in [0.1, 0.15) is 0 Å². The fourth-order valence-electron chi connectivity index (χ4n) is 1.10. The molecular formula is C9H13FN2O4S2. The van der Waals surface area contributed by atoms with Gasteiger partial charge >= 0.3 is 0 Å². The van der Waals surface area contributed by atoms with Gasteiger partial charge in [0.1, 0.15) is 15.7 Å². The summed E-state index contributed by atoms with van der Waals surface area (Å²) < 4.78 is 59.8. The highest BCUT2D eigenvalue weighted by Gasteiger charge is 2.15. The molecule has 102 valence electrons. The quantitative estimate of drug-likeness (QED) is 0.755. The van der Waals surface area contributed by atoms with Gasteiger partial charge in [0, 0.05) is 6.26 Å². The number of sulfone groups is 1. The van der Waals surface area contributed by atoms with E-state index in [0.29, 0.717) is 0 Å². The minimum atomic E-state index is -3.80. The van der Waals surface area contributed by atoms with Crippen LogP contribution in [-0.2, 0) is 19.9 Å². The van der Waals surface area contributed by atoms with E-state index in [9.17, 15) is 21.2 Å². The summed E-state index contributed by atoms with van der Waals surface area (Å²) in [6.45, 7) is 0. The zero-order valence-electron chi connectivity index (χ0n) is 9.55. The molecule has 0 unspecified atom stereocenters. The lowest BCUT2D eigenvalue weighted by Gasteiger charge is -2.08. The molecule has 0 spiro atoms. The van der Waals surface area contributed by atoms with Gasteiger partial charge < -0.3 is 5.73 Å². The Morgan fingerprint density at radius 2 is 1.83 bits per heavy atom. The highest BCUT2D eigenvalue weighted by atomic mass is 32.2. The Bertz CT molecular complexity index is 641. The molecule has 1 rings (SSSR count). The van der Waals surface area contributed by atoms with Gasteiger partial charge in [-0.05, 0) is 18.2 Å². The van der Waals surface area contributed by atoms with Gasteiger partial charge in [-0.25, -0.2) is 21.2 Å². The summed E-state index contributed by atoms with van der Waals surface area (Å²) in [4.78, 5) is 0. The number of sulfonamides is 1. The number of hydrogen-bond donors (Lipinski definition) is 2. The number of anilines is 2. The Balaban J connectivity index is 2.80. The van der Waals surface area contributed by atoms with E-state index in [0.717, 1.165) is 18.4 Å². The SMILES string of the molecule is CS(=O)(=O)CCS(=O)(=O)Nc1ccc(F)c(N)c1. The zero-order chi connectivity index (χ0) is 14.0. The maximum absolute atomic E-state index is 12.9. The van der Waals surface area contributed by atoms with Crippen LogP contribution in [0.25, 0.3) is 0 Å². The number of nitrogens with one attached hydrogen (secondary N) is 1. The smallest absolute Gasteiger partial charge is 0.233 e. The van der Waals surface area contributed by atoms with Gasteiger partial charge in [0.2, 0.25) is 10.0 Å². The first-order valence-electron chi connectivity index (χ1n) is 4.82. The molecule has 0 aliphatic rings. The molecule has 1 aromatic rings. The minimum absolute atomic E-state index is 0.0856. The fourth-order valence-corrected chi connectivity index (χ4v) is 3.78. The Labute approximate surface area is 105 Å². The van der Waals surface area contributed by atoms with Crippen molar-refractivity contribution in [2.24, 2.45) is 0 Å². The van der Waals surface area contributed by atoms with Crippen LogP contribution in [0.3, 0.4) is 0 Å². The van der Waals surface area contributed by atoms with Gasteiger partial charge in [-0.2, -0.15) is 0 Å². The van der Waals surface area contributed by atoms with E-state index in [2.05, 4.69) is 4.72 Å². The van der Waals surface area contributed by atoms with E-state index in [-0.39, 0.29) is 11.4 Å². The Kier molecular flexibility index (Phi) is 4.17. The molecule has 3 N–H and O–H groups in total. The molecule has 0 heterocycles. The van der Waals surface area contributed by atoms with E-state index in [1.54, 1.807) is 0 Å². The third-order valence-electron chi connectivity index (χ3n) is 1.99. The van der Waals surface area contributed by atoms with Gasteiger partial charge in [-0.3, -0.25) is 4.72 Å². The standard InChI is InChI=1S/C9H13FN2O4S2/c1-17(13,14)4-5-18(15,16)12-7-2-3-8(10)9(11)6-7/h2-3,6,12H,4-5,11H2,1H3. The van der Waals surface area contributed by atoms with Crippen molar-refractivity contribution in [2.45, 2.75) is 0 Å². The number of hydrogen-bond acceptors (Lipinski definition) is 5. The van der Waals surface area contributed by atoms with Crippen molar-refractivity contribution >= 4 is 31.2 Å². The van der Waals surface area contributed by atoms with Crippen LogP contribution >= 0.6 is 0 Å². The van der Waals surface area contributed by atoms with E-state index >= 15 is 0 Å². The highest BCUT2D eigenvalue weighted by Crippen LogP contribution is 2.17. The maximum Gasteiger partial charge on any atom is 0.233 e. The Hall–Kier alpha value is -1.35. The number of nitrogen functional groups attached to an aromatic ring is 1. The van der Waals surface area contributed by atoms with Crippen molar-refractivity contribution in [1.29, 1.82) is 0 Å². The fraction of sp³-hybridized carbons (Fsp3) is 0.333. The molecule has 0 saturated heterocycles. The summed E-state index contributed by atoms with van der Waals surface area (Å²) in [5.74, 6) is -1.71. The van der Waals surface area contributed by atoms with Crippen molar-refractivity contribution in [3.05, 3.63) is 24.0 Å². The lowest BCUT2D eigenvalue weighted by Crippen LogP contribution is -2.22. The number of nitrogens with two attached hydrogens (primary N) is 1. The Morgan fingerprint density at radius 3 is 2.33 bits per heavy atom. The van der Waals surface area contributed by atoms with Crippen LogP contribution < -0.4 is 10.5 Å².